The van der Waals surface area contributed by atoms with E-state index in [1.807, 2.05) is 0 Å². The normalized spacial score (nSPS) is 27.4. The second-order valence-electron chi connectivity index (χ2n) is 15.5. The van der Waals surface area contributed by atoms with E-state index in [4.69, 9.17) is 9.15 Å². The predicted octanol–water partition coefficient (Wildman–Crippen LogP) is 12.5. The van der Waals surface area contributed by atoms with E-state index in [9.17, 15) is 0 Å². The summed E-state index contributed by atoms with van der Waals surface area (Å²) in [5, 5.41) is 1.21. The predicted molar refractivity (Wildman–Crippen MR) is 215 cm³/mol. The van der Waals surface area contributed by atoms with Crippen molar-refractivity contribution in [3.8, 4) is 11.1 Å². The summed E-state index contributed by atoms with van der Waals surface area (Å²) in [6, 6.07) is 25.7. The van der Waals surface area contributed by atoms with E-state index in [1.54, 1.807) is 11.1 Å². The number of ether oxygens (including phenoxy) is 1. The second-order valence-corrected chi connectivity index (χ2v) is 15.5. The Labute approximate surface area is 308 Å². The molecule has 0 spiro atoms. The number of aryl methyl sites for hydroxylation is 1. The van der Waals surface area contributed by atoms with Gasteiger partial charge < -0.3 is 14.1 Å². The molecule has 1 aliphatic heterocycles. The second kappa shape index (κ2) is 13.3. The van der Waals surface area contributed by atoms with E-state index in [2.05, 4.69) is 145 Å². The lowest BCUT2D eigenvalue weighted by atomic mass is 9.77. The van der Waals surface area contributed by atoms with Gasteiger partial charge in [0.25, 0.3) is 0 Å². The number of fused-ring (bicyclic) bond motifs is 6. The van der Waals surface area contributed by atoms with E-state index < -0.39 is 0 Å². The van der Waals surface area contributed by atoms with Gasteiger partial charge >= 0.3 is 0 Å². The Bertz CT molecular complexity index is 2220. The molecule has 6 atom stereocenters. The van der Waals surface area contributed by atoms with Gasteiger partial charge in [-0.25, -0.2) is 0 Å². The zero-order valence-electron chi connectivity index (χ0n) is 30.1. The summed E-state index contributed by atoms with van der Waals surface area (Å²) < 4.78 is 13.2. The first-order valence-corrected chi connectivity index (χ1v) is 19.7. The third-order valence-electron chi connectivity index (χ3n) is 12.6. The molecule has 260 valence electrons. The standard InChI is InChI=1S/C49H47NO2/c1-32-38(33-12-3-2-4-13-33)16-11-21-45(32)50(36-28-24-34(25-29-36)39-17-9-19-43-41-14-5-7-22-46(41)51-48(39)43)37-30-26-35(27-31-37)40-18-10-20-44-42-15-6-8-23-47(42)52-49(40)44/h5-7,9-10,12,14-20,22,24-32,39,41,45-46,48H,2-4,8,11,13,21,23H2,1H3. The molecule has 10 rings (SSSR count). The van der Waals surface area contributed by atoms with Crippen molar-refractivity contribution in [1.29, 1.82) is 0 Å². The summed E-state index contributed by atoms with van der Waals surface area (Å²) in [7, 11) is 0. The van der Waals surface area contributed by atoms with Crippen molar-refractivity contribution in [3.05, 3.63) is 161 Å². The maximum Gasteiger partial charge on any atom is 0.142 e. The minimum atomic E-state index is 0.0805. The number of allylic oxidation sites excluding steroid dienone is 8. The van der Waals surface area contributed by atoms with Gasteiger partial charge in [-0.2, -0.15) is 0 Å². The minimum absolute atomic E-state index is 0.0805. The summed E-state index contributed by atoms with van der Waals surface area (Å²) in [6.45, 7) is 2.47. The number of nitrogens with zero attached hydrogens (tertiary/aromatic N) is 1. The Kier molecular flexibility index (Phi) is 8.13. The monoisotopic (exact) mass is 681 g/mol. The van der Waals surface area contributed by atoms with Crippen LogP contribution in [0.4, 0.5) is 11.4 Å². The van der Waals surface area contributed by atoms with Gasteiger partial charge in [0, 0.05) is 58.1 Å². The van der Waals surface area contributed by atoms with Crippen LogP contribution in [0.3, 0.4) is 0 Å². The van der Waals surface area contributed by atoms with Crippen LogP contribution in [0.5, 0.6) is 0 Å². The number of hydrogen-bond donors (Lipinski definition) is 0. The molecule has 6 aliphatic rings. The third kappa shape index (κ3) is 5.44. The van der Waals surface area contributed by atoms with Gasteiger partial charge in [-0.3, -0.25) is 0 Å². The number of rotatable bonds is 6. The molecule has 4 aromatic rings. The summed E-state index contributed by atoms with van der Waals surface area (Å²) in [6.07, 6.45) is 34.7. The highest BCUT2D eigenvalue weighted by Gasteiger charge is 2.42. The van der Waals surface area contributed by atoms with E-state index >= 15 is 0 Å². The van der Waals surface area contributed by atoms with Crippen molar-refractivity contribution in [1.82, 2.24) is 0 Å². The summed E-state index contributed by atoms with van der Waals surface area (Å²) in [5.41, 5.74) is 13.0. The van der Waals surface area contributed by atoms with Gasteiger partial charge in [0.2, 0.25) is 0 Å². The maximum absolute atomic E-state index is 6.67. The molecule has 0 N–H and O–H groups in total. The van der Waals surface area contributed by atoms with Crippen LogP contribution in [-0.4, -0.2) is 18.2 Å². The number of hydrogen-bond acceptors (Lipinski definition) is 3. The van der Waals surface area contributed by atoms with Crippen LogP contribution in [0.25, 0.3) is 28.2 Å². The zero-order valence-corrected chi connectivity index (χ0v) is 30.1. The highest BCUT2D eigenvalue weighted by atomic mass is 16.5. The van der Waals surface area contributed by atoms with Crippen LogP contribution in [0.2, 0.25) is 0 Å². The van der Waals surface area contributed by atoms with Crippen molar-refractivity contribution >= 4 is 28.4 Å². The molecule has 3 aromatic carbocycles. The first-order valence-electron chi connectivity index (χ1n) is 19.7. The fourth-order valence-corrected chi connectivity index (χ4v) is 9.95. The van der Waals surface area contributed by atoms with Gasteiger partial charge in [0.05, 0.1) is 12.2 Å². The lowest BCUT2D eigenvalue weighted by molar-refractivity contribution is 0.0642. The van der Waals surface area contributed by atoms with E-state index in [0.717, 1.165) is 42.6 Å². The van der Waals surface area contributed by atoms with Gasteiger partial charge in [0.1, 0.15) is 11.3 Å². The molecular formula is C49H47NO2. The molecule has 0 amide bonds. The lowest BCUT2D eigenvalue weighted by Gasteiger charge is -2.41. The Hall–Kier alpha value is -4.86. The average Bonchev–Trinajstić information content (AvgIpc) is 3.78. The van der Waals surface area contributed by atoms with Crippen molar-refractivity contribution in [2.45, 2.75) is 82.5 Å². The molecule has 1 saturated heterocycles. The topological polar surface area (TPSA) is 25.6 Å². The molecule has 52 heavy (non-hydrogen) atoms. The molecule has 3 nitrogen and oxygen atoms in total. The quantitative estimate of drug-likeness (QED) is 0.203. The fourth-order valence-electron chi connectivity index (χ4n) is 9.95. The fraction of sp³-hybridized carbons (Fsp3) is 0.306. The van der Waals surface area contributed by atoms with Crippen molar-refractivity contribution < 1.29 is 9.15 Å². The highest BCUT2D eigenvalue weighted by Crippen LogP contribution is 2.46. The van der Waals surface area contributed by atoms with Crippen LogP contribution in [0.1, 0.15) is 74.7 Å². The van der Waals surface area contributed by atoms with E-state index in [-0.39, 0.29) is 18.1 Å². The molecule has 2 heterocycles. The first kappa shape index (κ1) is 31.8. The summed E-state index contributed by atoms with van der Waals surface area (Å²) in [4.78, 5) is 2.64. The maximum atomic E-state index is 6.67. The number of benzene rings is 3. The molecule has 0 saturated carbocycles. The molecule has 0 radical (unpaired) electrons. The molecular weight excluding hydrogens is 635 g/mol. The van der Waals surface area contributed by atoms with Crippen LogP contribution >= 0.6 is 0 Å². The Morgan fingerprint density at radius 3 is 2.42 bits per heavy atom. The van der Waals surface area contributed by atoms with Crippen LogP contribution in [-0.2, 0) is 11.2 Å². The molecule has 6 unspecified atom stereocenters. The van der Waals surface area contributed by atoms with Gasteiger partial charge in [-0.1, -0.05) is 116 Å². The smallest absolute Gasteiger partial charge is 0.142 e. The van der Waals surface area contributed by atoms with E-state index in [1.165, 1.54) is 64.7 Å². The van der Waals surface area contributed by atoms with Crippen LogP contribution < -0.4 is 4.90 Å². The van der Waals surface area contributed by atoms with Crippen LogP contribution in [0.15, 0.2) is 149 Å². The van der Waals surface area contributed by atoms with Gasteiger partial charge in [-0.15, -0.1) is 0 Å². The molecule has 5 aliphatic carbocycles. The van der Waals surface area contributed by atoms with Gasteiger partial charge in [-0.05, 0) is 97.1 Å². The number of para-hydroxylation sites is 1. The van der Waals surface area contributed by atoms with Crippen LogP contribution in [0, 0.1) is 11.8 Å². The van der Waals surface area contributed by atoms with Crippen molar-refractivity contribution in [2.24, 2.45) is 11.8 Å². The average molecular weight is 682 g/mol. The molecule has 0 bridgehead atoms. The van der Waals surface area contributed by atoms with Gasteiger partial charge in [0.15, 0.2) is 0 Å². The Morgan fingerprint density at radius 2 is 1.58 bits per heavy atom. The summed E-state index contributed by atoms with van der Waals surface area (Å²) >= 11 is 0. The number of furan rings is 1. The SMILES string of the molecule is CC1C(C2=CCCCC2)=CCCC1N(c1ccc(-c2cccc3c4c(oc23)CCC=C4)cc1)c1ccc(C2C=CC=C3C4C=CC=CC4OC32)cc1. The summed E-state index contributed by atoms with van der Waals surface area (Å²) in [5.74, 6) is 2.10. The Balaban J connectivity index is 0.998. The van der Waals surface area contributed by atoms with Crippen molar-refractivity contribution in [2.75, 3.05) is 4.90 Å². The third-order valence-corrected chi connectivity index (χ3v) is 12.6. The van der Waals surface area contributed by atoms with E-state index in [0.29, 0.717) is 17.9 Å². The lowest BCUT2D eigenvalue weighted by Crippen LogP contribution is -2.39. The minimum Gasteiger partial charge on any atom is -0.460 e. The highest BCUT2D eigenvalue weighted by molar-refractivity contribution is 5.98. The molecule has 3 heteroatoms. The Morgan fingerprint density at radius 1 is 0.750 bits per heavy atom. The zero-order chi connectivity index (χ0) is 34.6. The number of anilines is 2. The largest absolute Gasteiger partial charge is 0.460 e. The molecule has 1 aromatic heterocycles. The molecule has 1 fully saturated rings. The van der Waals surface area contributed by atoms with Crippen molar-refractivity contribution in [3.63, 3.8) is 0 Å². The first-order chi connectivity index (χ1) is 25.7.